The average molecular weight is 389 g/mol. The van der Waals surface area contributed by atoms with Gasteiger partial charge in [0.25, 0.3) is 11.8 Å². The third kappa shape index (κ3) is 4.44. The lowest BCUT2D eigenvalue weighted by atomic mass is 10.1. The van der Waals surface area contributed by atoms with Gasteiger partial charge in [-0.2, -0.15) is 0 Å². The maximum atomic E-state index is 12.7. The van der Waals surface area contributed by atoms with E-state index in [1.165, 1.54) is 0 Å². The van der Waals surface area contributed by atoms with Crippen molar-refractivity contribution in [2.24, 2.45) is 0 Å². The summed E-state index contributed by atoms with van der Waals surface area (Å²) in [6.07, 6.45) is 4.85. The molecule has 28 heavy (non-hydrogen) atoms. The minimum absolute atomic E-state index is 0.0564. The van der Waals surface area contributed by atoms with Crippen molar-refractivity contribution in [1.82, 2.24) is 14.8 Å². The van der Waals surface area contributed by atoms with Gasteiger partial charge in [0.1, 0.15) is 12.2 Å². The largest absolute Gasteiger partial charge is 0.474 e. The molecule has 1 aromatic heterocycles. The summed E-state index contributed by atoms with van der Waals surface area (Å²) in [5, 5.41) is 0. The fourth-order valence-corrected chi connectivity index (χ4v) is 3.83. The van der Waals surface area contributed by atoms with E-state index in [1.807, 2.05) is 4.90 Å². The van der Waals surface area contributed by atoms with Crippen LogP contribution in [0.15, 0.2) is 18.3 Å². The molecule has 3 aliphatic rings. The molecule has 0 spiro atoms. The zero-order valence-corrected chi connectivity index (χ0v) is 16.0. The first-order valence-corrected chi connectivity index (χ1v) is 10.1. The first kappa shape index (κ1) is 19.1. The molecule has 4 rings (SSSR count). The van der Waals surface area contributed by atoms with Crippen LogP contribution in [0, 0.1) is 0 Å². The third-order valence-corrected chi connectivity index (χ3v) is 5.52. The maximum absolute atomic E-state index is 12.7. The third-order valence-electron chi connectivity index (χ3n) is 5.52. The van der Waals surface area contributed by atoms with E-state index in [9.17, 15) is 9.59 Å². The fourth-order valence-electron chi connectivity index (χ4n) is 3.83. The molecule has 2 amide bonds. The molecule has 0 aromatic carbocycles. The van der Waals surface area contributed by atoms with Crippen LogP contribution in [0.5, 0.6) is 5.88 Å². The molecule has 8 nitrogen and oxygen atoms in total. The van der Waals surface area contributed by atoms with Crippen molar-refractivity contribution in [3.05, 3.63) is 23.9 Å². The SMILES string of the molecule is O=C(c1ccc(OC2CCOCC2)nc1)N1CCN(C(=O)C2CCCO2)CC1. The number of amides is 2. The van der Waals surface area contributed by atoms with Gasteiger partial charge in [-0.15, -0.1) is 0 Å². The van der Waals surface area contributed by atoms with Crippen molar-refractivity contribution in [3.8, 4) is 5.88 Å². The summed E-state index contributed by atoms with van der Waals surface area (Å²) < 4.78 is 16.7. The molecule has 3 fully saturated rings. The molecule has 152 valence electrons. The zero-order valence-electron chi connectivity index (χ0n) is 16.0. The van der Waals surface area contributed by atoms with Gasteiger partial charge in [0, 0.05) is 57.9 Å². The Labute approximate surface area is 164 Å². The summed E-state index contributed by atoms with van der Waals surface area (Å²) in [7, 11) is 0. The molecule has 8 heteroatoms. The van der Waals surface area contributed by atoms with Crippen LogP contribution in [0.3, 0.4) is 0 Å². The summed E-state index contributed by atoms with van der Waals surface area (Å²) in [6.45, 7) is 4.22. The van der Waals surface area contributed by atoms with Crippen LogP contribution in [-0.2, 0) is 14.3 Å². The van der Waals surface area contributed by atoms with Gasteiger partial charge in [0.15, 0.2) is 0 Å². The van der Waals surface area contributed by atoms with E-state index in [0.29, 0.717) is 57.4 Å². The van der Waals surface area contributed by atoms with Gasteiger partial charge >= 0.3 is 0 Å². The van der Waals surface area contributed by atoms with Crippen molar-refractivity contribution >= 4 is 11.8 Å². The normalized spacial score (nSPS) is 23.6. The number of nitrogens with zero attached hydrogens (tertiary/aromatic N) is 3. The smallest absolute Gasteiger partial charge is 0.255 e. The van der Waals surface area contributed by atoms with E-state index in [2.05, 4.69) is 4.98 Å². The lowest BCUT2D eigenvalue weighted by Crippen LogP contribution is -2.52. The quantitative estimate of drug-likeness (QED) is 0.767. The Kier molecular flexibility index (Phi) is 6.07. The number of pyridine rings is 1. The van der Waals surface area contributed by atoms with Gasteiger partial charge in [0.05, 0.1) is 18.8 Å². The number of rotatable bonds is 4. The molecule has 4 heterocycles. The molecular formula is C20H27N3O5. The molecule has 0 N–H and O–H groups in total. The van der Waals surface area contributed by atoms with Gasteiger partial charge in [-0.05, 0) is 18.9 Å². The number of ether oxygens (including phenoxy) is 3. The first-order chi connectivity index (χ1) is 13.7. The minimum atomic E-state index is -0.297. The fraction of sp³-hybridized carbons (Fsp3) is 0.650. The van der Waals surface area contributed by atoms with E-state index in [1.54, 1.807) is 23.2 Å². The van der Waals surface area contributed by atoms with Gasteiger partial charge in [-0.3, -0.25) is 9.59 Å². The molecule has 0 bridgehead atoms. The Balaban J connectivity index is 1.28. The summed E-state index contributed by atoms with van der Waals surface area (Å²) in [5.74, 6) is 0.533. The number of hydrogen-bond acceptors (Lipinski definition) is 6. The zero-order chi connectivity index (χ0) is 19.3. The molecule has 3 saturated heterocycles. The lowest BCUT2D eigenvalue weighted by Gasteiger charge is -2.35. The highest BCUT2D eigenvalue weighted by molar-refractivity contribution is 5.94. The molecular weight excluding hydrogens is 362 g/mol. The van der Waals surface area contributed by atoms with Crippen LogP contribution in [0.4, 0.5) is 0 Å². The highest BCUT2D eigenvalue weighted by Crippen LogP contribution is 2.18. The maximum Gasteiger partial charge on any atom is 0.255 e. The Morgan fingerprint density at radius 3 is 2.39 bits per heavy atom. The van der Waals surface area contributed by atoms with Gasteiger partial charge in [0.2, 0.25) is 5.88 Å². The van der Waals surface area contributed by atoms with E-state index in [4.69, 9.17) is 14.2 Å². The Morgan fingerprint density at radius 2 is 1.75 bits per heavy atom. The van der Waals surface area contributed by atoms with E-state index < -0.39 is 0 Å². The van der Waals surface area contributed by atoms with Gasteiger partial charge in [-0.25, -0.2) is 4.98 Å². The summed E-state index contributed by atoms with van der Waals surface area (Å²) in [5.41, 5.74) is 0.540. The number of hydrogen-bond donors (Lipinski definition) is 0. The second-order valence-corrected chi connectivity index (χ2v) is 7.43. The molecule has 0 aliphatic carbocycles. The molecule has 1 unspecified atom stereocenters. The van der Waals surface area contributed by atoms with Gasteiger partial charge in [-0.1, -0.05) is 0 Å². The predicted octanol–water partition coefficient (Wildman–Crippen LogP) is 1.10. The highest BCUT2D eigenvalue weighted by Gasteiger charge is 2.31. The molecule has 1 atom stereocenters. The van der Waals surface area contributed by atoms with Gasteiger partial charge < -0.3 is 24.0 Å². The summed E-state index contributed by atoms with van der Waals surface area (Å²) in [6, 6.07) is 3.51. The Bertz CT molecular complexity index is 676. The second-order valence-electron chi connectivity index (χ2n) is 7.43. The standard InChI is InChI=1S/C20H27N3O5/c24-19(15-3-4-18(21-14-15)28-16-5-12-26-13-6-16)22-7-9-23(10-8-22)20(25)17-2-1-11-27-17/h3-4,14,16-17H,1-2,5-13H2. The Morgan fingerprint density at radius 1 is 1.00 bits per heavy atom. The number of aromatic nitrogens is 1. The molecule has 0 saturated carbocycles. The van der Waals surface area contributed by atoms with Crippen molar-refractivity contribution in [1.29, 1.82) is 0 Å². The molecule has 1 aromatic rings. The van der Waals surface area contributed by atoms with Crippen molar-refractivity contribution in [2.75, 3.05) is 46.0 Å². The highest BCUT2D eigenvalue weighted by atomic mass is 16.5. The van der Waals surface area contributed by atoms with Crippen LogP contribution in [0.1, 0.15) is 36.0 Å². The summed E-state index contributed by atoms with van der Waals surface area (Å²) in [4.78, 5) is 33.0. The Hall–Kier alpha value is -2.19. The topological polar surface area (TPSA) is 81.2 Å². The van der Waals surface area contributed by atoms with E-state index >= 15 is 0 Å². The van der Waals surface area contributed by atoms with Crippen LogP contribution in [0.2, 0.25) is 0 Å². The van der Waals surface area contributed by atoms with Crippen molar-refractivity contribution in [2.45, 2.75) is 37.9 Å². The lowest BCUT2D eigenvalue weighted by molar-refractivity contribution is -0.142. The number of carbonyl (C=O) groups is 2. The predicted molar refractivity (Wildman–Crippen MR) is 100 cm³/mol. The number of carbonyl (C=O) groups excluding carboxylic acids is 2. The van der Waals surface area contributed by atoms with Crippen LogP contribution in [0.25, 0.3) is 0 Å². The van der Waals surface area contributed by atoms with Crippen molar-refractivity contribution in [3.63, 3.8) is 0 Å². The molecule has 3 aliphatic heterocycles. The summed E-state index contributed by atoms with van der Waals surface area (Å²) >= 11 is 0. The van der Waals surface area contributed by atoms with Crippen LogP contribution >= 0.6 is 0 Å². The number of piperazine rings is 1. The van der Waals surface area contributed by atoms with E-state index in [0.717, 1.165) is 25.7 Å². The van der Waals surface area contributed by atoms with Crippen LogP contribution < -0.4 is 4.74 Å². The molecule has 0 radical (unpaired) electrons. The minimum Gasteiger partial charge on any atom is -0.474 e. The second kappa shape index (κ2) is 8.87. The van der Waals surface area contributed by atoms with Crippen LogP contribution in [-0.4, -0.2) is 84.8 Å². The monoisotopic (exact) mass is 389 g/mol. The van der Waals surface area contributed by atoms with Crippen molar-refractivity contribution < 1.29 is 23.8 Å². The first-order valence-electron chi connectivity index (χ1n) is 10.1. The van der Waals surface area contributed by atoms with E-state index in [-0.39, 0.29) is 24.0 Å². The average Bonchev–Trinajstić information content (AvgIpc) is 3.29.